The molecule has 104 valence electrons. The Kier molecular flexibility index (Phi) is 3.37. The van der Waals surface area contributed by atoms with E-state index in [1.807, 2.05) is 28.8 Å². The van der Waals surface area contributed by atoms with E-state index < -0.39 is 4.92 Å². The number of hydrogen-bond acceptors (Lipinski definition) is 4. The summed E-state index contributed by atoms with van der Waals surface area (Å²) in [5, 5.41) is 11.5. The Morgan fingerprint density at radius 3 is 2.86 bits per heavy atom. The molecule has 7 heteroatoms. The van der Waals surface area contributed by atoms with Gasteiger partial charge in [-0.1, -0.05) is 18.2 Å². The number of rotatable bonds is 3. The monoisotopic (exact) mass is 300 g/mol. The Bertz CT molecular complexity index is 857. The zero-order chi connectivity index (χ0) is 14.8. The molecule has 0 fully saturated rings. The lowest BCUT2D eigenvalue weighted by Crippen LogP contribution is -1.96. The van der Waals surface area contributed by atoms with E-state index in [-0.39, 0.29) is 5.28 Å². The molecule has 3 aromatic rings. The molecule has 0 saturated heterocycles. The van der Waals surface area contributed by atoms with Crippen LogP contribution in [-0.2, 0) is 0 Å². The third-order valence-corrected chi connectivity index (χ3v) is 3.16. The molecular formula is C14H9ClN4O2. The van der Waals surface area contributed by atoms with Gasteiger partial charge in [0, 0.05) is 29.4 Å². The molecule has 21 heavy (non-hydrogen) atoms. The van der Waals surface area contributed by atoms with Crippen molar-refractivity contribution in [1.29, 1.82) is 0 Å². The van der Waals surface area contributed by atoms with E-state index in [0.29, 0.717) is 5.82 Å². The SMILES string of the molecule is O=[N+]([O-])C=Cc1cn(-c2ccnc(Cl)n2)c2ccccc12. The van der Waals surface area contributed by atoms with E-state index in [1.54, 1.807) is 18.5 Å². The molecule has 0 radical (unpaired) electrons. The van der Waals surface area contributed by atoms with Crippen LogP contribution in [0, 0.1) is 10.1 Å². The number of halogens is 1. The maximum atomic E-state index is 10.5. The summed E-state index contributed by atoms with van der Waals surface area (Å²) in [5.74, 6) is 0.604. The highest BCUT2D eigenvalue weighted by molar-refractivity contribution is 6.28. The Morgan fingerprint density at radius 1 is 1.29 bits per heavy atom. The smallest absolute Gasteiger partial charge is 0.235 e. The average Bonchev–Trinajstić information content (AvgIpc) is 2.84. The van der Waals surface area contributed by atoms with Crippen molar-refractivity contribution in [2.75, 3.05) is 0 Å². The minimum atomic E-state index is -0.492. The lowest BCUT2D eigenvalue weighted by molar-refractivity contribution is -0.400. The summed E-state index contributed by atoms with van der Waals surface area (Å²) in [6.45, 7) is 0. The molecule has 0 aliphatic carbocycles. The summed E-state index contributed by atoms with van der Waals surface area (Å²) < 4.78 is 1.82. The van der Waals surface area contributed by atoms with Gasteiger partial charge in [-0.3, -0.25) is 10.1 Å². The molecule has 6 nitrogen and oxygen atoms in total. The molecule has 0 aliphatic heterocycles. The van der Waals surface area contributed by atoms with Crippen molar-refractivity contribution in [3.05, 3.63) is 69.9 Å². The summed E-state index contributed by atoms with van der Waals surface area (Å²) in [7, 11) is 0. The topological polar surface area (TPSA) is 73.8 Å². The van der Waals surface area contributed by atoms with Crippen LogP contribution in [0.4, 0.5) is 0 Å². The van der Waals surface area contributed by atoms with Gasteiger partial charge in [0.15, 0.2) is 0 Å². The molecule has 2 heterocycles. The Labute approximate surface area is 124 Å². The highest BCUT2D eigenvalue weighted by Gasteiger charge is 2.09. The predicted molar refractivity (Wildman–Crippen MR) is 79.9 cm³/mol. The van der Waals surface area contributed by atoms with E-state index in [2.05, 4.69) is 9.97 Å². The highest BCUT2D eigenvalue weighted by atomic mass is 35.5. The van der Waals surface area contributed by atoms with Crippen LogP contribution >= 0.6 is 11.6 Å². The van der Waals surface area contributed by atoms with Gasteiger partial charge >= 0.3 is 0 Å². The first kappa shape index (κ1) is 13.3. The van der Waals surface area contributed by atoms with Crippen LogP contribution in [0.1, 0.15) is 5.56 Å². The standard InChI is InChI=1S/C14H9ClN4O2/c15-14-16-7-5-13(17-14)18-9-10(6-8-19(20)21)11-3-1-2-4-12(11)18/h1-9H. The summed E-state index contributed by atoms with van der Waals surface area (Å²) in [5.41, 5.74) is 1.62. The fraction of sp³-hybridized carbons (Fsp3) is 0. The zero-order valence-electron chi connectivity index (χ0n) is 10.7. The number of nitrogens with zero attached hydrogens (tertiary/aromatic N) is 4. The number of fused-ring (bicyclic) bond motifs is 1. The number of aromatic nitrogens is 3. The maximum Gasteiger partial charge on any atom is 0.235 e. The minimum Gasteiger partial charge on any atom is -0.300 e. The van der Waals surface area contributed by atoms with Crippen LogP contribution in [-0.4, -0.2) is 19.5 Å². The van der Waals surface area contributed by atoms with Gasteiger partial charge in [0.2, 0.25) is 11.5 Å². The number of nitro groups is 1. The lowest BCUT2D eigenvalue weighted by Gasteiger charge is -2.03. The molecule has 0 spiro atoms. The number of benzene rings is 1. The second kappa shape index (κ2) is 5.34. The molecule has 2 aromatic heterocycles. The van der Waals surface area contributed by atoms with Gasteiger partial charge in [-0.2, -0.15) is 4.98 Å². The minimum absolute atomic E-state index is 0.146. The lowest BCUT2D eigenvalue weighted by atomic mass is 10.2. The molecule has 0 atom stereocenters. The van der Waals surface area contributed by atoms with E-state index in [9.17, 15) is 10.1 Å². The fourth-order valence-electron chi connectivity index (χ4n) is 2.13. The zero-order valence-corrected chi connectivity index (χ0v) is 11.4. The van der Waals surface area contributed by atoms with Gasteiger partial charge in [-0.25, -0.2) is 4.98 Å². The van der Waals surface area contributed by atoms with Crippen molar-refractivity contribution in [3.8, 4) is 5.82 Å². The van der Waals surface area contributed by atoms with Crippen molar-refractivity contribution >= 4 is 28.6 Å². The van der Waals surface area contributed by atoms with Crippen molar-refractivity contribution in [2.45, 2.75) is 0 Å². The second-order valence-corrected chi connectivity index (χ2v) is 4.59. The molecule has 0 aliphatic rings. The molecule has 0 amide bonds. The van der Waals surface area contributed by atoms with Crippen molar-refractivity contribution < 1.29 is 4.92 Å². The third-order valence-electron chi connectivity index (χ3n) is 2.98. The highest BCUT2D eigenvalue weighted by Crippen LogP contribution is 2.25. The largest absolute Gasteiger partial charge is 0.300 e. The van der Waals surface area contributed by atoms with Crippen LogP contribution < -0.4 is 0 Å². The molecule has 0 saturated carbocycles. The molecule has 3 rings (SSSR count). The first-order valence-electron chi connectivity index (χ1n) is 6.06. The average molecular weight is 301 g/mol. The Balaban J connectivity index is 2.22. The molecule has 0 N–H and O–H groups in total. The molecule has 1 aromatic carbocycles. The van der Waals surface area contributed by atoms with Crippen LogP contribution in [0.25, 0.3) is 22.8 Å². The van der Waals surface area contributed by atoms with E-state index in [1.165, 1.54) is 6.08 Å². The van der Waals surface area contributed by atoms with Crippen LogP contribution in [0.3, 0.4) is 0 Å². The van der Waals surface area contributed by atoms with Gasteiger partial charge in [0.25, 0.3) is 0 Å². The van der Waals surface area contributed by atoms with Gasteiger partial charge in [0.1, 0.15) is 5.82 Å². The Morgan fingerprint density at radius 2 is 2.10 bits per heavy atom. The van der Waals surface area contributed by atoms with E-state index >= 15 is 0 Å². The Hall–Kier alpha value is -2.73. The molecule has 0 unspecified atom stereocenters. The van der Waals surface area contributed by atoms with Crippen LogP contribution in [0.2, 0.25) is 5.28 Å². The first-order valence-corrected chi connectivity index (χ1v) is 6.43. The molecule has 0 bridgehead atoms. The van der Waals surface area contributed by atoms with E-state index in [4.69, 9.17) is 11.6 Å². The van der Waals surface area contributed by atoms with Gasteiger partial charge in [-0.05, 0) is 23.7 Å². The van der Waals surface area contributed by atoms with Crippen LogP contribution in [0.5, 0.6) is 0 Å². The quantitative estimate of drug-likeness (QED) is 0.422. The summed E-state index contributed by atoms with van der Waals surface area (Å²) in [6, 6.07) is 9.30. The predicted octanol–water partition coefficient (Wildman–Crippen LogP) is 3.32. The van der Waals surface area contributed by atoms with Gasteiger partial charge in [0.05, 0.1) is 10.4 Å². The van der Waals surface area contributed by atoms with Crippen molar-refractivity contribution in [1.82, 2.24) is 14.5 Å². The normalized spacial score (nSPS) is 11.3. The van der Waals surface area contributed by atoms with Crippen molar-refractivity contribution in [3.63, 3.8) is 0 Å². The fourth-order valence-corrected chi connectivity index (χ4v) is 2.27. The summed E-state index contributed by atoms with van der Waals surface area (Å²) in [4.78, 5) is 18.0. The maximum absolute atomic E-state index is 10.5. The van der Waals surface area contributed by atoms with Crippen LogP contribution in [0.15, 0.2) is 48.9 Å². The summed E-state index contributed by atoms with van der Waals surface area (Å²) >= 11 is 5.82. The van der Waals surface area contributed by atoms with Crippen molar-refractivity contribution in [2.24, 2.45) is 0 Å². The first-order chi connectivity index (χ1) is 10.1. The van der Waals surface area contributed by atoms with Gasteiger partial charge < -0.3 is 4.57 Å². The number of para-hydroxylation sites is 1. The molecular weight excluding hydrogens is 292 g/mol. The second-order valence-electron chi connectivity index (χ2n) is 4.26. The summed E-state index contributed by atoms with van der Waals surface area (Å²) in [6.07, 6.45) is 5.72. The van der Waals surface area contributed by atoms with Gasteiger partial charge in [-0.15, -0.1) is 0 Å². The third kappa shape index (κ3) is 2.61. The number of hydrogen-bond donors (Lipinski definition) is 0. The van der Waals surface area contributed by atoms with E-state index in [0.717, 1.165) is 22.7 Å².